The molecule has 0 radical (unpaired) electrons. The van der Waals surface area contributed by atoms with E-state index in [4.69, 9.17) is 10.5 Å². The van der Waals surface area contributed by atoms with E-state index in [2.05, 4.69) is 10.3 Å². The molecule has 0 saturated heterocycles. The number of amides is 1. The zero-order chi connectivity index (χ0) is 12.8. The van der Waals surface area contributed by atoms with Gasteiger partial charge in [-0.2, -0.15) is 0 Å². The number of nitrogens with zero attached hydrogens (tertiary/aromatic N) is 1. The van der Waals surface area contributed by atoms with E-state index in [1.54, 1.807) is 36.0 Å². The summed E-state index contributed by atoms with van der Waals surface area (Å²) in [4.78, 5) is 16.0. The van der Waals surface area contributed by atoms with E-state index in [0.717, 1.165) is 5.75 Å². The highest BCUT2D eigenvalue weighted by Crippen LogP contribution is 2.12. The highest BCUT2D eigenvalue weighted by atomic mass is 32.1. The quantitative estimate of drug-likeness (QED) is 0.633. The Bertz CT molecular complexity index is 497. The number of carbonyl (C=O) groups is 1. The fourth-order valence-corrected chi connectivity index (χ4v) is 1.85. The number of benzene rings is 1. The number of nitrogen functional groups attached to an aromatic ring is 1. The molecule has 1 amide bonds. The topological polar surface area (TPSA) is 77.2 Å². The summed E-state index contributed by atoms with van der Waals surface area (Å²) in [5.74, 6) is 0.606. The van der Waals surface area contributed by atoms with E-state index < -0.39 is 0 Å². The second-order valence-corrected chi connectivity index (χ2v) is 4.43. The lowest BCUT2D eigenvalue weighted by Crippen LogP contribution is -2.27. The SMILES string of the molecule is Nc1ccc(OCCNC(=O)c2cncs2)cc1. The Labute approximate surface area is 109 Å². The molecule has 2 aromatic rings. The number of ether oxygens (including phenoxy) is 1. The summed E-state index contributed by atoms with van der Waals surface area (Å²) >= 11 is 1.31. The van der Waals surface area contributed by atoms with Gasteiger partial charge in [-0.25, -0.2) is 0 Å². The smallest absolute Gasteiger partial charge is 0.263 e. The molecule has 18 heavy (non-hydrogen) atoms. The highest BCUT2D eigenvalue weighted by Gasteiger charge is 2.05. The van der Waals surface area contributed by atoms with E-state index in [1.165, 1.54) is 11.3 Å². The number of nitrogens with one attached hydrogen (secondary N) is 1. The molecule has 0 bridgehead atoms. The number of hydrogen-bond donors (Lipinski definition) is 2. The second kappa shape index (κ2) is 6.02. The van der Waals surface area contributed by atoms with Gasteiger partial charge in [0, 0.05) is 5.69 Å². The van der Waals surface area contributed by atoms with Crippen LogP contribution >= 0.6 is 11.3 Å². The van der Waals surface area contributed by atoms with E-state index in [9.17, 15) is 4.79 Å². The van der Waals surface area contributed by atoms with Crippen molar-refractivity contribution in [2.75, 3.05) is 18.9 Å². The number of hydrogen-bond acceptors (Lipinski definition) is 5. The lowest BCUT2D eigenvalue weighted by atomic mass is 10.3. The number of carbonyl (C=O) groups excluding carboxylic acids is 1. The van der Waals surface area contributed by atoms with E-state index >= 15 is 0 Å². The Kier molecular flexibility index (Phi) is 4.14. The van der Waals surface area contributed by atoms with Gasteiger partial charge in [0.15, 0.2) is 0 Å². The maximum Gasteiger partial charge on any atom is 0.263 e. The molecule has 0 aliphatic carbocycles. The van der Waals surface area contributed by atoms with Crippen molar-refractivity contribution in [3.05, 3.63) is 40.8 Å². The first-order valence-electron chi connectivity index (χ1n) is 5.41. The zero-order valence-corrected chi connectivity index (χ0v) is 10.4. The van der Waals surface area contributed by atoms with Gasteiger partial charge in [-0.15, -0.1) is 11.3 Å². The summed E-state index contributed by atoms with van der Waals surface area (Å²) < 4.78 is 5.45. The first-order chi connectivity index (χ1) is 8.75. The maximum atomic E-state index is 11.5. The largest absolute Gasteiger partial charge is 0.492 e. The molecule has 94 valence electrons. The van der Waals surface area contributed by atoms with Crippen LogP contribution in [0.25, 0.3) is 0 Å². The van der Waals surface area contributed by atoms with Gasteiger partial charge in [0.25, 0.3) is 5.91 Å². The second-order valence-electron chi connectivity index (χ2n) is 3.54. The van der Waals surface area contributed by atoms with Crippen molar-refractivity contribution < 1.29 is 9.53 Å². The van der Waals surface area contributed by atoms with Crippen molar-refractivity contribution >= 4 is 22.9 Å². The van der Waals surface area contributed by atoms with Gasteiger partial charge >= 0.3 is 0 Å². The molecular formula is C12H13N3O2S. The molecule has 0 aliphatic heterocycles. The summed E-state index contributed by atoms with van der Waals surface area (Å²) in [6.07, 6.45) is 1.54. The number of nitrogens with two attached hydrogens (primary N) is 1. The average Bonchev–Trinajstić information content (AvgIpc) is 2.90. The van der Waals surface area contributed by atoms with Gasteiger partial charge in [0.1, 0.15) is 17.2 Å². The standard InChI is InChI=1S/C12H13N3O2S/c13-9-1-3-10(4-2-9)17-6-5-15-12(16)11-7-14-8-18-11/h1-4,7-8H,5-6,13H2,(H,15,16). The lowest BCUT2D eigenvalue weighted by Gasteiger charge is -2.07. The Morgan fingerprint density at radius 3 is 2.83 bits per heavy atom. The van der Waals surface area contributed by atoms with Crippen LogP contribution in [0.4, 0.5) is 5.69 Å². The van der Waals surface area contributed by atoms with Crippen LogP contribution in [0.5, 0.6) is 5.75 Å². The van der Waals surface area contributed by atoms with Gasteiger partial charge in [0.2, 0.25) is 0 Å². The van der Waals surface area contributed by atoms with Crippen molar-refractivity contribution in [1.29, 1.82) is 0 Å². The van der Waals surface area contributed by atoms with Crippen LogP contribution in [0.3, 0.4) is 0 Å². The molecule has 5 nitrogen and oxygen atoms in total. The molecular weight excluding hydrogens is 250 g/mol. The molecule has 0 spiro atoms. The number of aromatic nitrogens is 1. The third-order valence-corrected chi connectivity index (χ3v) is 2.96. The average molecular weight is 263 g/mol. The normalized spacial score (nSPS) is 10.0. The van der Waals surface area contributed by atoms with E-state index in [1.807, 2.05) is 0 Å². The molecule has 2 rings (SSSR count). The third kappa shape index (κ3) is 3.46. The molecule has 0 atom stereocenters. The Hall–Kier alpha value is -2.08. The molecule has 0 aliphatic rings. The van der Waals surface area contributed by atoms with Crippen LogP contribution in [0.1, 0.15) is 9.67 Å². The highest BCUT2D eigenvalue weighted by molar-refractivity contribution is 7.11. The molecule has 1 aromatic carbocycles. The number of rotatable bonds is 5. The predicted octanol–water partition coefficient (Wildman–Crippen LogP) is 1.53. The molecule has 3 N–H and O–H groups in total. The first kappa shape index (κ1) is 12.4. The minimum Gasteiger partial charge on any atom is -0.492 e. The van der Waals surface area contributed by atoms with Crippen LogP contribution < -0.4 is 15.8 Å². The third-order valence-electron chi connectivity index (χ3n) is 2.19. The molecule has 0 fully saturated rings. The molecule has 0 saturated carbocycles. The van der Waals surface area contributed by atoms with Crippen molar-refractivity contribution in [1.82, 2.24) is 10.3 Å². The van der Waals surface area contributed by atoms with Crippen LogP contribution in [0.2, 0.25) is 0 Å². The van der Waals surface area contributed by atoms with Crippen LogP contribution in [-0.4, -0.2) is 24.0 Å². The summed E-state index contributed by atoms with van der Waals surface area (Å²) in [7, 11) is 0. The summed E-state index contributed by atoms with van der Waals surface area (Å²) in [6, 6.07) is 7.12. The maximum absolute atomic E-state index is 11.5. The minimum atomic E-state index is -0.126. The monoisotopic (exact) mass is 263 g/mol. The van der Waals surface area contributed by atoms with Gasteiger partial charge in [0.05, 0.1) is 18.3 Å². The van der Waals surface area contributed by atoms with Crippen LogP contribution in [0, 0.1) is 0 Å². The fourth-order valence-electron chi connectivity index (χ4n) is 1.31. The molecule has 0 unspecified atom stereocenters. The Morgan fingerprint density at radius 2 is 2.17 bits per heavy atom. The van der Waals surface area contributed by atoms with Gasteiger partial charge < -0.3 is 15.8 Å². The number of thiazole rings is 1. The van der Waals surface area contributed by atoms with Crippen molar-refractivity contribution in [3.63, 3.8) is 0 Å². The van der Waals surface area contributed by atoms with Crippen LogP contribution in [0.15, 0.2) is 36.0 Å². The van der Waals surface area contributed by atoms with E-state index in [0.29, 0.717) is 23.7 Å². The minimum absolute atomic E-state index is 0.126. The van der Waals surface area contributed by atoms with Gasteiger partial charge in [-0.3, -0.25) is 9.78 Å². The van der Waals surface area contributed by atoms with Crippen molar-refractivity contribution in [2.24, 2.45) is 0 Å². The molecule has 1 aromatic heterocycles. The van der Waals surface area contributed by atoms with Crippen LogP contribution in [-0.2, 0) is 0 Å². The summed E-state index contributed by atoms with van der Waals surface area (Å²) in [6.45, 7) is 0.857. The van der Waals surface area contributed by atoms with Crippen molar-refractivity contribution in [3.8, 4) is 5.75 Å². The molecule has 6 heteroatoms. The zero-order valence-electron chi connectivity index (χ0n) is 9.63. The Morgan fingerprint density at radius 1 is 1.39 bits per heavy atom. The van der Waals surface area contributed by atoms with Gasteiger partial charge in [-0.05, 0) is 24.3 Å². The van der Waals surface area contributed by atoms with Crippen molar-refractivity contribution in [2.45, 2.75) is 0 Å². The number of anilines is 1. The summed E-state index contributed by atoms with van der Waals surface area (Å²) in [5, 5.41) is 2.75. The molecule has 1 heterocycles. The van der Waals surface area contributed by atoms with E-state index in [-0.39, 0.29) is 5.91 Å². The Balaban J connectivity index is 1.70. The lowest BCUT2D eigenvalue weighted by molar-refractivity contribution is 0.0951. The van der Waals surface area contributed by atoms with Gasteiger partial charge in [-0.1, -0.05) is 0 Å². The predicted molar refractivity (Wildman–Crippen MR) is 70.8 cm³/mol. The fraction of sp³-hybridized carbons (Fsp3) is 0.167. The summed E-state index contributed by atoms with van der Waals surface area (Å²) in [5.41, 5.74) is 7.88. The first-order valence-corrected chi connectivity index (χ1v) is 6.29.